The summed E-state index contributed by atoms with van der Waals surface area (Å²) in [6.45, 7) is 12.6. The number of hydrogen-bond acceptors (Lipinski definition) is 11. The Morgan fingerprint density at radius 3 is 2.25 bits per heavy atom. The van der Waals surface area contributed by atoms with E-state index in [1.165, 1.54) is 19.2 Å². The Kier molecular flexibility index (Phi) is 8.68. The zero-order valence-corrected chi connectivity index (χ0v) is 22.4. The number of hydrogen-bond donors (Lipinski definition) is 4. The number of ether oxygens (including phenoxy) is 2. The zero-order valence-electron chi connectivity index (χ0n) is 21.5. The molecule has 36 heavy (non-hydrogen) atoms. The Hall–Kier alpha value is -3.26. The fraction of sp³-hybridized carbons (Fsp3) is 0.636. The number of aliphatic hydroxyl groups excluding tert-OH is 1. The number of rotatable bonds is 8. The third-order valence-electron chi connectivity index (χ3n) is 4.32. The summed E-state index contributed by atoms with van der Waals surface area (Å²) in [5, 5.41) is 22.1. The minimum Gasteiger partial charge on any atom is -0.457 e. The van der Waals surface area contributed by atoms with Crippen LogP contribution in [0.3, 0.4) is 0 Å². The van der Waals surface area contributed by atoms with E-state index in [2.05, 4.69) is 26.1 Å². The van der Waals surface area contributed by atoms with E-state index in [0.717, 1.165) is 11.3 Å². The molecule has 0 unspecified atom stereocenters. The van der Waals surface area contributed by atoms with Gasteiger partial charge in [0.15, 0.2) is 10.8 Å². The predicted molar refractivity (Wildman–Crippen MR) is 130 cm³/mol. The van der Waals surface area contributed by atoms with Crippen LogP contribution in [0.2, 0.25) is 0 Å². The molecule has 1 aromatic heterocycles. The lowest BCUT2D eigenvalue weighted by Gasteiger charge is -2.35. The van der Waals surface area contributed by atoms with Crippen molar-refractivity contribution < 1.29 is 38.6 Å². The number of nitrogens with zero attached hydrogens (tertiary/aromatic N) is 2. The number of aliphatic hydroxyl groups is 1. The van der Waals surface area contributed by atoms with Crippen molar-refractivity contribution in [2.45, 2.75) is 84.3 Å². The van der Waals surface area contributed by atoms with E-state index in [-0.39, 0.29) is 23.1 Å². The number of β-lactam (4-membered cyclic amide) rings is 1. The fourth-order valence-electron chi connectivity index (χ4n) is 2.60. The van der Waals surface area contributed by atoms with Crippen molar-refractivity contribution in [3.63, 3.8) is 0 Å². The van der Waals surface area contributed by atoms with Gasteiger partial charge in [-0.15, -0.1) is 11.3 Å². The lowest BCUT2D eigenvalue weighted by Crippen LogP contribution is -2.70. The Morgan fingerprint density at radius 2 is 1.72 bits per heavy atom. The van der Waals surface area contributed by atoms with E-state index < -0.39 is 52.8 Å². The first kappa shape index (κ1) is 29.0. The molecule has 3 amide bonds. The van der Waals surface area contributed by atoms with Crippen LogP contribution < -0.4 is 16.0 Å². The summed E-state index contributed by atoms with van der Waals surface area (Å²) in [5.41, 5.74) is -3.45. The predicted octanol–water partition coefficient (Wildman–Crippen LogP) is 1.31. The first-order valence-corrected chi connectivity index (χ1v) is 12.0. The normalized spacial score (nSPS) is 18.5. The van der Waals surface area contributed by atoms with Crippen molar-refractivity contribution in [2.24, 2.45) is 5.16 Å². The summed E-state index contributed by atoms with van der Waals surface area (Å²) < 4.78 is 10.5. The number of aromatic nitrogens is 1. The molecule has 200 valence electrons. The molecule has 0 bridgehead atoms. The van der Waals surface area contributed by atoms with Crippen molar-refractivity contribution in [1.29, 1.82) is 0 Å². The van der Waals surface area contributed by atoms with Crippen LogP contribution in [0.1, 0.15) is 61.1 Å². The van der Waals surface area contributed by atoms with E-state index in [9.17, 15) is 24.3 Å². The monoisotopic (exact) mass is 527 g/mol. The first-order valence-electron chi connectivity index (χ1n) is 11.1. The van der Waals surface area contributed by atoms with Crippen LogP contribution in [0, 0.1) is 0 Å². The number of thiazole rings is 1. The molecule has 4 N–H and O–H groups in total. The van der Waals surface area contributed by atoms with Gasteiger partial charge in [0.2, 0.25) is 11.5 Å². The molecule has 1 aromatic rings. The molecule has 1 saturated heterocycles. The lowest BCUT2D eigenvalue weighted by atomic mass is 9.99. The van der Waals surface area contributed by atoms with Gasteiger partial charge in [-0.25, -0.2) is 14.6 Å². The largest absolute Gasteiger partial charge is 0.457 e. The highest BCUT2D eigenvalue weighted by atomic mass is 32.1. The van der Waals surface area contributed by atoms with E-state index in [1.807, 2.05) is 0 Å². The van der Waals surface area contributed by atoms with E-state index >= 15 is 0 Å². The van der Waals surface area contributed by atoms with Gasteiger partial charge in [-0.05, 0) is 55.4 Å². The van der Waals surface area contributed by atoms with Gasteiger partial charge < -0.3 is 30.1 Å². The fourth-order valence-corrected chi connectivity index (χ4v) is 3.28. The number of anilines is 1. The Labute approximate surface area is 212 Å². The maximum atomic E-state index is 13.0. The topological polar surface area (TPSA) is 178 Å². The highest BCUT2D eigenvalue weighted by Crippen LogP contribution is 2.21. The second-order valence-electron chi connectivity index (χ2n) is 10.5. The minimum atomic E-state index is -1.58. The standard InChI is InChI=1S/C22H33N5O8S/c1-20(2,3)33-17(31)22(7,8)35-27-14(16(30)25-13-11(9-28)23-15(13)29)12-10-36-18(24-12)26-19(32)34-21(4,5)6/h10-11,13,28H,9H2,1-8H3,(H,23,29)(H,25,30)(H,24,26,32)/b27-14-/t11-,13+/m1/s1. The SMILES string of the molecule is CC(C)(C)OC(=O)Nc1nc(/C(=N/OC(C)(C)C(=O)OC(C)(C)C)C(=O)N[C@@H]2C(=O)N[C@@H]2CO)cs1. The van der Waals surface area contributed by atoms with Gasteiger partial charge in [0, 0.05) is 5.38 Å². The molecule has 0 spiro atoms. The molecule has 13 nitrogen and oxygen atoms in total. The van der Waals surface area contributed by atoms with Crippen LogP contribution in [-0.2, 0) is 28.7 Å². The molecule has 0 aromatic carbocycles. The highest BCUT2D eigenvalue weighted by Gasteiger charge is 2.41. The van der Waals surface area contributed by atoms with Gasteiger partial charge in [0.25, 0.3) is 5.91 Å². The van der Waals surface area contributed by atoms with Crippen molar-refractivity contribution in [1.82, 2.24) is 15.6 Å². The molecular weight excluding hydrogens is 494 g/mol. The molecule has 2 rings (SSSR count). The Bertz CT molecular complexity index is 1040. The molecule has 2 atom stereocenters. The molecule has 0 radical (unpaired) electrons. The van der Waals surface area contributed by atoms with Crippen LogP contribution >= 0.6 is 11.3 Å². The Balaban J connectivity index is 2.30. The van der Waals surface area contributed by atoms with E-state index in [4.69, 9.17) is 14.3 Å². The summed E-state index contributed by atoms with van der Waals surface area (Å²) in [5.74, 6) is -2.05. The summed E-state index contributed by atoms with van der Waals surface area (Å²) in [7, 11) is 0. The van der Waals surface area contributed by atoms with Crippen molar-refractivity contribution in [3.8, 4) is 0 Å². The average Bonchev–Trinajstić information content (AvgIpc) is 3.15. The smallest absolute Gasteiger partial charge is 0.413 e. The van der Waals surface area contributed by atoms with Gasteiger partial charge >= 0.3 is 12.1 Å². The average molecular weight is 528 g/mol. The maximum absolute atomic E-state index is 13.0. The van der Waals surface area contributed by atoms with Crippen molar-refractivity contribution in [3.05, 3.63) is 11.1 Å². The molecule has 1 aliphatic heterocycles. The van der Waals surface area contributed by atoms with Crippen LogP contribution in [0.25, 0.3) is 0 Å². The number of amides is 3. The van der Waals surface area contributed by atoms with E-state index in [1.54, 1.807) is 41.5 Å². The molecule has 1 fully saturated rings. The summed E-state index contributed by atoms with van der Waals surface area (Å²) in [6.07, 6.45) is -0.745. The van der Waals surface area contributed by atoms with Gasteiger partial charge in [0.1, 0.15) is 22.9 Å². The van der Waals surface area contributed by atoms with Gasteiger partial charge in [0.05, 0.1) is 12.6 Å². The zero-order chi connectivity index (χ0) is 27.5. The number of esters is 1. The number of oxime groups is 1. The van der Waals surface area contributed by atoms with Crippen molar-refractivity contribution in [2.75, 3.05) is 11.9 Å². The first-order chi connectivity index (χ1) is 16.4. The van der Waals surface area contributed by atoms with Crippen LogP contribution in [-0.4, -0.2) is 75.2 Å². The van der Waals surface area contributed by atoms with Crippen LogP contribution in [0.15, 0.2) is 10.5 Å². The highest BCUT2D eigenvalue weighted by molar-refractivity contribution is 7.14. The summed E-state index contributed by atoms with van der Waals surface area (Å²) in [4.78, 5) is 59.0. The third-order valence-corrected chi connectivity index (χ3v) is 5.08. The van der Waals surface area contributed by atoms with E-state index in [0.29, 0.717) is 0 Å². The molecule has 0 aliphatic carbocycles. The molecule has 2 heterocycles. The second kappa shape index (κ2) is 10.8. The molecular formula is C22H33N5O8S. The quantitative estimate of drug-likeness (QED) is 0.168. The molecule has 14 heteroatoms. The van der Waals surface area contributed by atoms with Gasteiger partial charge in [-0.3, -0.25) is 14.9 Å². The minimum absolute atomic E-state index is 0.00354. The number of nitrogens with one attached hydrogen (secondary N) is 3. The van der Waals surface area contributed by atoms with Crippen LogP contribution in [0.4, 0.5) is 9.93 Å². The Morgan fingerprint density at radius 1 is 1.11 bits per heavy atom. The lowest BCUT2D eigenvalue weighted by molar-refractivity contribution is -0.179. The number of carbonyl (C=O) groups excluding carboxylic acids is 4. The summed E-state index contributed by atoms with van der Waals surface area (Å²) >= 11 is 0.991. The van der Waals surface area contributed by atoms with Gasteiger partial charge in [-0.2, -0.15) is 0 Å². The molecule has 0 saturated carbocycles. The summed E-state index contributed by atoms with van der Waals surface area (Å²) in [6, 6.07) is -1.66. The van der Waals surface area contributed by atoms with Crippen LogP contribution in [0.5, 0.6) is 0 Å². The maximum Gasteiger partial charge on any atom is 0.413 e. The number of carbonyl (C=O) groups is 4. The second-order valence-corrected chi connectivity index (χ2v) is 11.3. The third kappa shape index (κ3) is 8.16. The molecule has 1 aliphatic rings. The van der Waals surface area contributed by atoms with Gasteiger partial charge in [-0.1, -0.05) is 5.16 Å². The van der Waals surface area contributed by atoms with Crippen molar-refractivity contribution >= 4 is 46.1 Å².